The summed E-state index contributed by atoms with van der Waals surface area (Å²) < 4.78 is 0. The molecule has 0 bridgehead atoms. The number of ketones is 1. The van der Waals surface area contributed by atoms with Crippen molar-refractivity contribution in [2.45, 2.75) is 52.6 Å². The molecule has 0 saturated carbocycles. The van der Waals surface area contributed by atoms with Crippen LogP contribution in [0.5, 0.6) is 11.5 Å². The number of carbonyl (C=O) groups excluding carboxylic acids is 1. The summed E-state index contributed by atoms with van der Waals surface area (Å²) in [5, 5.41) is 39.1. The zero-order valence-electron chi connectivity index (χ0n) is 16.0. The van der Waals surface area contributed by atoms with Gasteiger partial charge in [-0.25, -0.2) is 0 Å². The number of aliphatic hydroxyl groups excluding tert-OH is 1. The molecule has 0 radical (unpaired) electrons. The molecular formula is C21H28O6. The fourth-order valence-electron chi connectivity index (χ4n) is 3.92. The lowest BCUT2D eigenvalue weighted by Gasteiger charge is -2.42. The second-order valence-corrected chi connectivity index (χ2v) is 8.01. The molecule has 2 rings (SSSR count). The molecule has 1 aromatic rings. The third-order valence-electron chi connectivity index (χ3n) is 5.84. The molecule has 4 N–H and O–H groups in total. The maximum atomic E-state index is 12.4. The summed E-state index contributed by atoms with van der Waals surface area (Å²) in [6.07, 6.45) is 2.67. The molecule has 0 aromatic heterocycles. The first-order chi connectivity index (χ1) is 12.5. The highest BCUT2D eigenvalue weighted by Crippen LogP contribution is 2.44. The third-order valence-corrected chi connectivity index (χ3v) is 5.84. The van der Waals surface area contributed by atoms with Crippen LogP contribution in [-0.4, -0.2) is 38.3 Å². The van der Waals surface area contributed by atoms with Crippen LogP contribution in [0.2, 0.25) is 0 Å². The molecule has 1 aromatic carbocycles. The normalized spacial score (nSPS) is 22.7. The Balaban J connectivity index is 2.11. The maximum Gasteiger partial charge on any atom is 0.306 e. The molecule has 0 aliphatic heterocycles. The number of carboxylic acid groups (broad SMARTS) is 1. The number of Topliss-reactive ketones (excluding diaryl/α,β-unsaturated/α-hetero) is 1. The number of phenolic OH excluding ortho intramolecular Hbond substituents is 2. The summed E-state index contributed by atoms with van der Waals surface area (Å²) in [6, 6.07) is 3.61. The first-order valence-electron chi connectivity index (χ1n) is 9.16. The number of hydrogen-bond acceptors (Lipinski definition) is 5. The van der Waals surface area contributed by atoms with Crippen molar-refractivity contribution in [2.24, 2.45) is 17.3 Å². The topological polar surface area (TPSA) is 115 Å². The van der Waals surface area contributed by atoms with Crippen LogP contribution in [0.3, 0.4) is 0 Å². The van der Waals surface area contributed by atoms with Gasteiger partial charge in [0.25, 0.3) is 0 Å². The van der Waals surface area contributed by atoms with Gasteiger partial charge in [0.05, 0.1) is 17.6 Å². The Bertz CT molecular complexity index is 749. The lowest BCUT2D eigenvalue weighted by molar-refractivity contribution is -0.142. The minimum Gasteiger partial charge on any atom is -0.508 e. The van der Waals surface area contributed by atoms with Crippen molar-refractivity contribution >= 4 is 11.8 Å². The van der Waals surface area contributed by atoms with Crippen LogP contribution < -0.4 is 0 Å². The standard InChI is InChI=1S/C21H28O6/c1-12-4-9-19(25)21(2,3)16(12)7-5-13(20(26)27)10-18(24)15-11-14(22)6-8-17(15)23/h4,6,8,11,13,16,19,22-23,25H,5,7,9-10H2,1-3H3,(H,26,27)/t13-,16-,19+/m1/s1. The average Bonchev–Trinajstić information content (AvgIpc) is 2.59. The van der Waals surface area contributed by atoms with Gasteiger partial charge in [-0.3, -0.25) is 9.59 Å². The number of carboxylic acids is 1. The molecule has 148 valence electrons. The highest BCUT2D eigenvalue weighted by molar-refractivity contribution is 6.00. The lowest BCUT2D eigenvalue weighted by Crippen LogP contribution is -2.40. The summed E-state index contributed by atoms with van der Waals surface area (Å²) in [5.74, 6) is -2.90. The van der Waals surface area contributed by atoms with Crippen LogP contribution in [0.25, 0.3) is 0 Å². The summed E-state index contributed by atoms with van der Waals surface area (Å²) in [7, 11) is 0. The van der Waals surface area contributed by atoms with Crippen LogP contribution in [0, 0.1) is 17.3 Å². The molecule has 0 spiro atoms. The number of aliphatic hydroxyl groups is 1. The largest absolute Gasteiger partial charge is 0.508 e. The fourth-order valence-corrected chi connectivity index (χ4v) is 3.92. The van der Waals surface area contributed by atoms with E-state index in [4.69, 9.17) is 0 Å². The highest BCUT2D eigenvalue weighted by Gasteiger charge is 2.40. The number of allylic oxidation sites excluding steroid dienone is 1. The number of hydrogen-bond donors (Lipinski definition) is 4. The number of carbonyl (C=O) groups is 2. The van der Waals surface area contributed by atoms with Gasteiger partial charge in [-0.05, 0) is 55.7 Å². The molecule has 1 aliphatic rings. The van der Waals surface area contributed by atoms with E-state index in [2.05, 4.69) is 0 Å². The van der Waals surface area contributed by atoms with Crippen molar-refractivity contribution < 1.29 is 30.0 Å². The van der Waals surface area contributed by atoms with Crippen LogP contribution >= 0.6 is 0 Å². The zero-order chi connectivity index (χ0) is 20.4. The molecular weight excluding hydrogens is 348 g/mol. The van der Waals surface area contributed by atoms with Crippen molar-refractivity contribution in [3.8, 4) is 11.5 Å². The van der Waals surface area contributed by atoms with E-state index >= 15 is 0 Å². The molecule has 3 atom stereocenters. The number of benzene rings is 1. The summed E-state index contributed by atoms with van der Waals surface area (Å²) in [5.41, 5.74) is 0.687. The zero-order valence-corrected chi connectivity index (χ0v) is 16.0. The molecule has 0 heterocycles. The smallest absolute Gasteiger partial charge is 0.306 e. The molecule has 27 heavy (non-hydrogen) atoms. The molecule has 1 aliphatic carbocycles. The monoisotopic (exact) mass is 376 g/mol. The average molecular weight is 376 g/mol. The molecule has 0 fully saturated rings. The number of phenols is 2. The number of rotatable bonds is 7. The van der Waals surface area contributed by atoms with E-state index in [0.717, 1.165) is 11.6 Å². The van der Waals surface area contributed by atoms with Gasteiger partial charge in [0.15, 0.2) is 5.78 Å². The quantitative estimate of drug-likeness (QED) is 0.329. The van der Waals surface area contributed by atoms with Gasteiger partial charge in [0.2, 0.25) is 0 Å². The first-order valence-corrected chi connectivity index (χ1v) is 9.16. The van der Waals surface area contributed by atoms with E-state index < -0.39 is 23.8 Å². The van der Waals surface area contributed by atoms with E-state index in [1.807, 2.05) is 26.8 Å². The minimum absolute atomic E-state index is 0.0346. The first kappa shape index (κ1) is 21.0. The van der Waals surface area contributed by atoms with Gasteiger partial charge >= 0.3 is 5.97 Å². The van der Waals surface area contributed by atoms with E-state index in [1.165, 1.54) is 12.1 Å². The van der Waals surface area contributed by atoms with Crippen molar-refractivity contribution in [2.75, 3.05) is 0 Å². The number of aromatic hydroxyl groups is 2. The Kier molecular flexibility index (Phi) is 6.31. The SMILES string of the molecule is CC1=CC[C@H](O)C(C)(C)[C@@H]1CC[C@H](CC(=O)c1cc(O)ccc1O)C(=O)O. The van der Waals surface area contributed by atoms with E-state index in [-0.39, 0.29) is 41.2 Å². The van der Waals surface area contributed by atoms with Gasteiger partial charge in [-0.2, -0.15) is 0 Å². The van der Waals surface area contributed by atoms with Crippen LogP contribution in [0.15, 0.2) is 29.8 Å². The highest BCUT2D eigenvalue weighted by atomic mass is 16.4. The van der Waals surface area contributed by atoms with E-state index in [0.29, 0.717) is 12.8 Å². The molecule has 0 amide bonds. The van der Waals surface area contributed by atoms with E-state index in [9.17, 15) is 30.0 Å². The Hall–Kier alpha value is -2.34. The van der Waals surface area contributed by atoms with Gasteiger partial charge in [0.1, 0.15) is 11.5 Å². The predicted molar refractivity (Wildman–Crippen MR) is 101 cm³/mol. The Labute approximate surface area is 159 Å². The van der Waals surface area contributed by atoms with Crippen molar-refractivity contribution in [3.05, 3.63) is 35.4 Å². The van der Waals surface area contributed by atoms with Crippen LogP contribution in [0.1, 0.15) is 56.8 Å². The summed E-state index contributed by atoms with van der Waals surface area (Å²) in [4.78, 5) is 24.1. The van der Waals surface area contributed by atoms with Crippen molar-refractivity contribution in [3.63, 3.8) is 0 Å². The van der Waals surface area contributed by atoms with Crippen molar-refractivity contribution in [1.82, 2.24) is 0 Å². The second-order valence-electron chi connectivity index (χ2n) is 8.01. The molecule has 6 heteroatoms. The summed E-state index contributed by atoms with van der Waals surface area (Å²) in [6.45, 7) is 5.94. The molecule has 6 nitrogen and oxygen atoms in total. The van der Waals surface area contributed by atoms with Gasteiger partial charge in [-0.1, -0.05) is 25.5 Å². The predicted octanol–water partition coefficient (Wildman–Crippen LogP) is 3.50. The Morgan fingerprint density at radius 1 is 1.26 bits per heavy atom. The lowest BCUT2D eigenvalue weighted by atomic mass is 9.65. The fraction of sp³-hybridized carbons (Fsp3) is 0.524. The second kappa shape index (κ2) is 8.13. The van der Waals surface area contributed by atoms with Gasteiger partial charge in [-0.15, -0.1) is 0 Å². The minimum atomic E-state index is -1.07. The van der Waals surface area contributed by atoms with Crippen molar-refractivity contribution in [1.29, 1.82) is 0 Å². The summed E-state index contributed by atoms with van der Waals surface area (Å²) >= 11 is 0. The Morgan fingerprint density at radius 2 is 1.93 bits per heavy atom. The maximum absolute atomic E-state index is 12.4. The van der Waals surface area contributed by atoms with Crippen LogP contribution in [0.4, 0.5) is 0 Å². The molecule has 0 saturated heterocycles. The Morgan fingerprint density at radius 3 is 2.56 bits per heavy atom. The molecule has 0 unspecified atom stereocenters. The van der Waals surface area contributed by atoms with E-state index in [1.54, 1.807) is 0 Å². The van der Waals surface area contributed by atoms with Gasteiger partial charge in [0, 0.05) is 6.42 Å². The van der Waals surface area contributed by atoms with Gasteiger partial charge < -0.3 is 20.4 Å². The number of aliphatic carboxylic acids is 1. The third kappa shape index (κ3) is 4.69. The van der Waals surface area contributed by atoms with Crippen LogP contribution in [-0.2, 0) is 4.79 Å².